The first-order chi connectivity index (χ1) is 13.4. The van der Waals surface area contributed by atoms with E-state index in [-0.39, 0.29) is 23.1 Å². The number of anilines is 2. The molecule has 7 nitrogen and oxygen atoms in total. The Morgan fingerprint density at radius 1 is 1.25 bits per heavy atom. The lowest BCUT2D eigenvalue weighted by molar-refractivity contribution is 0.558. The van der Waals surface area contributed by atoms with Gasteiger partial charge < -0.3 is 21.0 Å². The molecule has 3 aromatic rings. The fourth-order valence-corrected chi connectivity index (χ4v) is 3.11. The van der Waals surface area contributed by atoms with Crippen LogP contribution in [-0.4, -0.2) is 20.2 Å². The number of pyridine rings is 1. The first-order valence-electron chi connectivity index (χ1n) is 9.43. The fraction of sp³-hybridized carbons (Fsp3) is 0.333. The van der Waals surface area contributed by atoms with E-state index in [4.69, 9.17) is 11.1 Å². The Bertz CT molecular complexity index is 1040. The number of aromatic nitrogens is 3. The van der Waals surface area contributed by atoms with Crippen molar-refractivity contribution in [3.05, 3.63) is 58.3 Å². The molecule has 0 amide bonds. The first kappa shape index (κ1) is 21.1. The molecular formula is C21H28N6O. The van der Waals surface area contributed by atoms with E-state index in [1.807, 2.05) is 58.0 Å². The zero-order valence-electron chi connectivity index (χ0n) is 17.1. The summed E-state index contributed by atoms with van der Waals surface area (Å²) in [7, 11) is 0. The van der Waals surface area contributed by atoms with Crippen molar-refractivity contribution in [2.45, 2.75) is 47.2 Å². The monoisotopic (exact) mass is 380 g/mol. The molecule has 0 bridgehead atoms. The van der Waals surface area contributed by atoms with Gasteiger partial charge in [0.05, 0.1) is 12.1 Å². The van der Waals surface area contributed by atoms with Gasteiger partial charge in [-0.25, -0.2) is 9.97 Å². The lowest BCUT2D eigenvalue weighted by Crippen LogP contribution is -2.27. The molecule has 0 saturated carbocycles. The topological polar surface area (TPSA) is 110 Å². The first-order valence-corrected chi connectivity index (χ1v) is 9.43. The van der Waals surface area contributed by atoms with Gasteiger partial charge in [0, 0.05) is 22.8 Å². The molecule has 148 valence electrons. The van der Waals surface area contributed by atoms with E-state index in [0.29, 0.717) is 23.3 Å². The van der Waals surface area contributed by atoms with Crippen molar-refractivity contribution < 1.29 is 0 Å². The molecule has 0 spiro atoms. The summed E-state index contributed by atoms with van der Waals surface area (Å²) < 4.78 is 1.77. The van der Waals surface area contributed by atoms with Crippen LogP contribution in [0, 0.1) is 5.41 Å². The van der Waals surface area contributed by atoms with Gasteiger partial charge >= 0.3 is 0 Å². The van der Waals surface area contributed by atoms with Gasteiger partial charge in [-0.05, 0) is 38.3 Å². The summed E-state index contributed by atoms with van der Waals surface area (Å²) in [5.41, 5.74) is 7.47. The number of fused-ring (bicyclic) bond motifs is 1. The molecule has 4 N–H and O–H groups in total. The Balaban J connectivity index is 0.00000136. The molecule has 7 heteroatoms. The molecule has 0 aliphatic rings. The zero-order valence-corrected chi connectivity index (χ0v) is 17.1. The van der Waals surface area contributed by atoms with Gasteiger partial charge in [-0.3, -0.25) is 4.79 Å². The summed E-state index contributed by atoms with van der Waals surface area (Å²) >= 11 is 0. The molecule has 0 fully saturated rings. The van der Waals surface area contributed by atoms with Gasteiger partial charge in [0.25, 0.3) is 5.56 Å². The Kier molecular flexibility index (Phi) is 6.87. The molecule has 2 heterocycles. The number of nitrogens with zero attached hydrogens (tertiary/aromatic N) is 3. The molecule has 1 aromatic carbocycles. The van der Waals surface area contributed by atoms with Crippen LogP contribution in [0.15, 0.2) is 41.5 Å². The second-order valence-corrected chi connectivity index (χ2v) is 6.45. The molecule has 3 rings (SSSR count). The fourth-order valence-electron chi connectivity index (χ4n) is 3.11. The molecule has 0 saturated heterocycles. The lowest BCUT2D eigenvalue weighted by Gasteiger charge is -2.19. The summed E-state index contributed by atoms with van der Waals surface area (Å²) in [6, 6.07) is 9.58. The summed E-state index contributed by atoms with van der Waals surface area (Å²) in [6.45, 7) is 9.99. The Labute approximate surface area is 165 Å². The molecule has 0 atom stereocenters. The minimum atomic E-state index is -0.0134. The normalized spacial score (nSPS) is 10.5. The minimum absolute atomic E-state index is 0.0134. The number of nitrogens with one attached hydrogen (secondary N) is 2. The Hall–Kier alpha value is -3.22. The van der Waals surface area contributed by atoms with Gasteiger partial charge in [-0.1, -0.05) is 32.0 Å². The van der Waals surface area contributed by atoms with Crippen LogP contribution in [0.3, 0.4) is 0 Å². The van der Waals surface area contributed by atoms with E-state index in [9.17, 15) is 4.79 Å². The van der Waals surface area contributed by atoms with Crippen molar-refractivity contribution in [3.8, 4) is 0 Å². The van der Waals surface area contributed by atoms with Gasteiger partial charge in [0.1, 0.15) is 18.0 Å². The SMILES string of the molecule is CC.CC(=N)c1c(N)ncnc1NCc1cc2ccccc2c(=O)n1C(C)C. The van der Waals surface area contributed by atoms with Gasteiger partial charge in [-0.15, -0.1) is 0 Å². The highest BCUT2D eigenvalue weighted by atomic mass is 16.1. The number of nitrogens with two attached hydrogens (primary N) is 1. The van der Waals surface area contributed by atoms with Crippen molar-refractivity contribution in [2.24, 2.45) is 0 Å². The molecule has 0 aliphatic carbocycles. The second-order valence-electron chi connectivity index (χ2n) is 6.45. The van der Waals surface area contributed by atoms with Crippen LogP contribution in [0.2, 0.25) is 0 Å². The third kappa shape index (κ3) is 4.19. The van der Waals surface area contributed by atoms with Gasteiger partial charge in [0.2, 0.25) is 0 Å². The smallest absolute Gasteiger partial charge is 0.258 e. The third-order valence-electron chi connectivity index (χ3n) is 4.25. The maximum Gasteiger partial charge on any atom is 0.258 e. The maximum absolute atomic E-state index is 12.9. The number of nitrogen functional groups attached to an aromatic ring is 1. The van der Waals surface area contributed by atoms with E-state index in [1.165, 1.54) is 6.33 Å². The second kappa shape index (κ2) is 9.12. The Morgan fingerprint density at radius 3 is 2.57 bits per heavy atom. The van der Waals surface area contributed by atoms with Crippen LogP contribution in [0.25, 0.3) is 10.8 Å². The van der Waals surface area contributed by atoms with Crippen LogP contribution in [0.5, 0.6) is 0 Å². The highest BCUT2D eigenvalue weighted by Gasteiger charge is 2.14. The molecule has 0 radical (unpaired) electrons. The standard InChI is InChI=1S/C19H22N6O.C2H6/c1-11(2)25-14(8-13-6-4-5-7-15(13)19(25)26)9-22-18-16(12(3)20)17(21)23-10-24-18;1-2/h4-8,10-11,20H,9H2,1-3H3,(H3,21,22,23,24);1-2H3. The third-order valence-corrected chi connectivity index (χ3v) is 4.25. The molecule has 0 unspecified atom stereocenters. The van der Waals surface area contributed by atoms with E-state index >= 15 is 0 Å². The van der Waals surface area contributed by atoms with Crippen molar-refractivity contribution in [1.29, 1.82) is 5.41 Å². The molecular weight excluding hydrogens is 352 g/mol. The van der Waals surface area contributed by atoms with Crippen molar-refractivity contribution in [1.82, 2.24) is 14.5 Å². The minimum Gasteiger partial charge on any atom is -0.383 e. The zero-order chi connectivity index (χ0) is 20.8. The predicted octanol–water partition coefficient (Wildman–Crippen LogP) is 3.98. The number of benzene rings is 1. The van der Waals surface area contributed by atoms with E-state index in [1.54, 1.807) is 11.5 Å². The van der Waals surface area contributed by atoms with Gasteiger partial charge in [-0.2, -0.15) is 0 Å². The highest BCUT2D eigenvalue weighted by Crippen LogP contribution is 2.20. The summed E-state index contributed by atoms with van der Waals surface area (Å²) in [5, 5.41) is 12.7. The van der Waals surface area contributed by atoms with Crippen molar-refractivity contribution in [3.63, 3.8) is 0 Å². The van der Waals surface area contributed by atoms with E-state index in [2.05, 4.69) is 15.3 Å². The maximum atomic E-state index is 12.9. The quantitative estimate of drug-likeness (QED) is 0.580. The number of hydrogen-bond acceptors (Lipinski definition) is 6. The summed E-state index contributed by atoms with van der Waals surface area (Å²) in [5.74, 6) is 0.746. The van der Waals surface area contributed by atoms with E-state index < -0.39 is 0 Å². The highest BCUT2D eigenvalue weighted by molar-refractivity contribution is 6.04. The average molecular weight is 380 g/mol. The number of rotatable bonds is 5. The van der Waals surface area contributed by atoms with Crippen molar-refractivity contribution >= 4 is 28.1 Å². The summed E-state index contributed by atoms with van der Waals surface area (Å²) in [4.78, 5) is 21.0. The van der Waals surface area contributed by atoms with Crippen LogP contribution >= 0.6 is 0 Å². The summed E-state index contributed by atoms with van der Waals surface area (Å²) in [6.07, 6.45) is 1.36. The molecule has 28 heavy (non-hydrogen) atoms. The predicted molar refractivity (Wildman–Crippen MR) is 116 cm³/mol. The van der Waals surface area contributed by atoms with Crippen LogP contribution in [-0.2, 0) is 6.54 Å². The average Bonchev–Trinajstić information content (AvgIpc) is 2.67. The van der Waals surface area contributed by atoms with E-state index in [0.717, 1.165) is 11.1 Å². The lowest BCUT2D eigenvalue weighted by atomic mass is 10.1. The number of hydrogen-bond donors (Lipinski definition) is 3. The van der Waals surface area contributed by atoms with Crippen LogP contribution in [0.1, 0.15) is 51.9 Å². The van der Waals surface area contributed by atoms with Gasteiger partial charge in [0.15, 0.2) is 0 Å². The molecule has 2 aromatic heterocycles. The van der Waals surface area contributed by atoms with Crippen molar-refractivity contribution in [2.75, 3.05) is 11.1 Å². The molecule has 0 aliphatic heterocycles. The van der Waals surface area contributed by atoms with Crippen LogP contribution < -0.4 is 16.6 Å². The van der Waals surface area contributed by atoms with Crippen LogP contribution in [0.4, 0.5) is 11.6 Å². The Morgan fingerprint density at radius 2 is 1.93 bits per heavy atom. The largest absolute Gasteiger partial charge is 0.383 e.